The lowest BCUT2D eigenvalue weighted by molar-refractivity contribution is -0.153. The minimum Gasteiger partial charge on any atom is -0.465 e. The zero-order valence-corrected chi connectivity index (χ0v) is 14.3. The Hall–Kier alpha value is -0.465. The number of carbonyl (C=O) groups is 1. The Morgan fingerprint density at radius 2 is 1.57 bits per heavy atom. The van der Waals surface area contributed by atoms with Crippen LogP contribution in [0.15, 0.2) is 0 Å². The Labute approximate surface area is 131 Å². The van der Waals surface area contributed by atoms with Crippen LogP contribution in [0.5, 0.6) is 0 Å². The van der Waals surface area contributed by atoms with Crippen molar-refractivity contribution >= 4 is 12.7 Å². The SMILES string of the molecule is CC(C)(C)C(=O)OCCCCCB1C2CCCC1CCC2. The summed E-state index contributed by atoms with van der Waals surface area (Å²) in [6.07, 6.45) is 13.9. The highest BCUT2D eigenvalue weighted by Gasteiger charge is 2.38. The lowest BCUT2D eigenvalue weighted by atomic mass is 9.26. The predicted octanol–water partition coefficient (Wildman–Crippen LogP) is 5.35. The van der Waals surface area contributed by atoms with Crippen molar-refractivity contribution in [2.45, 2.75) is 96.5 Å². The second-order valence-electron chi connectivity index (χ2n) is 8.28. The Morgan fingerprint density at radius 1 is 1.00 bits per heavy atom. The van der Waals surface area contributed by atoms with Gasteiger partial charge in [0.15, 0.2) is 0 Å². The number of hydrogen-bond donors (Lipinski definition) is 0. The predicted molar refractivity (Wildman–Crippen MR) is 90.0 cm³/mol. The van der Waals surface area contributed by atoms with E-state index in [0.29, 0.717) is 6.61 Å². The molecular formula is C18H33BO2. The van der Waals surface area contributed by atoms with Crippen LogP contribution >= 0.6 is 0 Å². The number of rotatable bonds is 6. The Morgan fingerprint density at radius 3 is 2.10 bits per heavy atom. The fourth-order valence-electron chi connectivity index (χ4n) is 4.33. The van der Waals surface area contributed by atoms with E-state index in [2.05, 4.69) is 0 Å². The molecule has 21 heavy (non-hydrogen) atoms. The van der Waals surface area contributed by atoms with E-state index in [-0.39, 0.29) is 11.4 Å². The van der Waals surface area contributed by atoms with Crippen molar-refractivity contribution in [3.8, 4) is 0 Å². The van der Waals surface area contributed by atoms with E-state index in [4.69, 9.17) is 4.74 Å². The zero-order chi connectivity index (χ0) is 15.3. The standard InChI is InChI=1S/C18H33BO2/c1-18(2,3)17(20)21-14-6-4-5-13-19-15-9-7-10-16(19)12-8-11-15/h15-16H,4-14H2,1-3H3. The van der Waals surface area contributed by atoms with E-state index in [9.17, 15) is 4.79 Å². The summed E-state index contributed by atoms with van der Waals surface area (Å²) >= 11 is 0. The summed E-state index contributed by atoms with van der Waals surface area (Å²) in [6, 6.07) is 0. The molecule has 0 unspecified atom stereocenters. The van der Waals surface area contributed by atoms with Gasteiger partial charge in [-0.15, -0.1) is 0 Å². The first kappa shape index (κ1) is 16.9. The summed E-state index contributed by atoms with van der Waals surface area (Å²) in [5, 5.41) is 0. The summed E-state index contributed by atoms with van der Waals surface area (Å²) in [4.78, 5) is 11.7. The molecule has 0 saturated carbocycles. The van der Waals surface area contributed by atoms with Crippen LogP contribution in [-0.4, -0.2) is 19.3 Å². The van der Waals surface area contributed by atoms with E-state index in [1.807, 2.05) is 20.8 Å². The third-order valence-corrected chi connectivity index (χ3v) is 5.54. The van der Waals surface area contributed by atoms with Gasteiger partial charge in [0.25, 0.3) is 0 Å². The van der Waals surface area contributed by atoms with Gasteiger partial charge >= 0.3 is 5.97 Å². The molecule has 3 heteroatoms. The second kappa shape index (κ2) is 7.69. The molecule has 2 nitrogen and oxygen atoms in total. The smallest absolute Gasteiger partial charge is 0.311 e. The summed E-state index contributed by atoms with van der Waals surface area (Å²) in [5.41, 5.74) is -0.362. The second-order valence-corrected chi connectivity index (χ2v) is 8.28. The van der Waals surface area contributed by atoms with E-state index < -0.39 is 0 Å². The molecule has 0 atom stereocenters. The molecule has 0 amide bonds. The number of fused-ring (bicyclic) bond motifs is 2. The fourth-order valence-corrected chi connectivity index (χ4v) is 4.33. The molecule has 2 aliphatic heterocycles. The van der Waals surface area contributed by atoms with Crippen LogP contribution in [0.3, 0.4) is 0 Å². The van der Waals surface area contributed by atoms with Gasteiger partial charge in [0.05, 0.1) is 12.0 Å². The molecule has 0 N–H and O–H groups in total. The monoisotopic (exact) mass is 292 g/mol. The molecule has 2 heterocycles. The van der Waals surface area contributed by atoms with Gasteiger partial charge in [0.2, 0.25) is 0 Å². The first-order valence-corrected chi connectivity index (χ1v) is 9.15. The number of hydrogen-bond acceptors (Lipinski definition) is 2. The first-order valence-electron chi connectivity index (χ1n) is 9.15. The van der Waals surface area contributed by atoms with E-state index >= 15 is 0 Å². The lowest BCUT2D eigenvalue weighted by Gasteiger charge is -2.40. The molecule has 0 aliphatic carbocycles. The number of unbranched alkanes of at least 4 members (excludes halogenated alkanes) is 2. The fraction of sp³-hybridized carbons (Fsp3) is 0.944. The minimum atomic E-state index is -0.362. The van der Waals surface area contributed by atoms with Gasteiger partial charge in [-0.1, -0.05) is 69.3 Å². The van der Waals surface area contributed by atoms with Crippen LogP contribution in [0.4, 0.5) is 0 Å². The largest absolute Gasteiger partial charge is 0.465 e. The van der Waals surface area contributed by atoms with Crippen molar-refractivity contribution in [3.05, 3.63) is 0 Å². The third kappa shape index (κ3) is 5.04. The van der Waals surface area contributed by atoms with Crippen LogP contribution in [0.1, 0.15) is 78.6 Å². The van der Waals surface area contributed by atoms with Crippen molar-refractivity contribution in [2.24, 2.45) is 5.41 Å². The molecular weight excluding hydrogens is 259 g/mol. The van der Waals surface area contributed by atoms with Crippen LogP contribution < -0.4 is 0 Å². The van der Waals surface area contributed by atoms with Crippen molar-refractivity contribution < 1.29 is 9.53 Å². The Kier molecular flexibility index (Phi) is 6.19. The maximum absolute atomic E-state index is 11.7. The van der Waals surface area contributed by atoms with Gasteiger partial charge in [-0.3, -0.25) is 4.79 Å². The normalized spacial score (nSPS) is 25.8. The summed E-state index contributed by atoms with van der Waals surface area (Å²) in [7, 11) is 0. The van der Waals surface area contributed by atoms with Crippen molar-refractivity contribution in [1.82, 2.24) is 0 Å². The summed E-state index contributed by atoms with van der Waals surface area (Å²) in [5.74, 6) is 2.01. The van der Waals surface area contributed by atoms with Crippen molar-refractivity contribution in [2.75, 3.05) is 6.61 Å². The highest BCUT2D eigenvalue weighted by atomic mass is 16.5. The van der Waals surface area contributed by atoms with Crippen LogP contribution in [-0.2, 0) is 9.53 Å². The van der Waals surface area contributed by atoms with E-state index in [0.717, 1.165) is 24.8 Å². The van der Waals surface area contributed by atoms with Gasteiger partial charge in [-0.25, -0.2) is 0 Å². The number of carbonyl (C=O) groups excluding carboxylic acids is 1. The number of esters is 1. The Bertz CT molecular complexity index is 313. The molecule has 120 valence electrons. The molecule has 2 bridgehead atoms. The minimum absolute atomic E-state index is 0.0655. The third-order valence-electron chi connectivity index (χ3n) is 5.54. The molecule has 0 radical (unpaired) electrons. The summed E-state index contributed by atoms with van der Waals surface area (Å²) in [6.45, 7) is 7.36. The molecule has 0 aromatic carbocycles. The maximum atomic E-state index is 11.7. The molecule has 0 aromatic rings. The average Bonchev–Trinajstić information content (AvgIpc) is 2.40. The van der Waals surface area contributed by atoms with Gasteiger partial charge in [-0.2, -0.15) is 0 Å². The number of ether oxygens (including phenoxy) is 1. The molecule has 2 saturated heterocycles. The molecule has 0 spiro atoms. The quantitative estimate of drug-likeness (QED) is 0.375. The van der Waals surface area contributed by atoms with Crippen molar-refractivity contribution in [3.63, 3.8) is 0 Å². The van der Waals surface area contributed by atoms with Gasteiger partial charge in [-0.05, 0) is 27.2 Å². The van der Waals surface area contributed by atoms with E-state index in [1.165, 1.54) is 57.7 Å². The van der Waals surface area contributed by atoms with Crippen molar-refractivity contribution in [1.29, 1.82) is 0 Å². The van der Waals surface area contributed by atoms with Crippen LogP contribution in [0.2, 0.25) is 18.0 Å². The average molecular weight is 292 g/mol. The van der Waals surface area contributed by atoms with E-state index in [1.54, 1.807) is 0 Å². The van der Waals surface area contributed by atoms with Gasteiger partial charge in [0.1, 0.15) is 6.71 Å². The summed E-state index contributed by atoms with van der Waals surface area (Å²) < 4.78 is 5.33. The van der Waals surface area contributed by atoms with Gasteiger partial charge in [0, 0.05) is 0 Å². The first-order chi connectivity index (χ1) is 9.98. The highest BCUT2D eigenvalue weighted by molar-refractivity contribution is 6.62. The zero-order valence-electron chi connectivity index (χ0n) is 14.3. The Balaban J connectivity index is 1.57. The lowest BCUT2D eigenvalue weighted by Crippen LogP contribution is -2.34. The molecule has 2 rings (SSSR count). The van der Waals surface area contributed by atoms with Crippen LogP contribution in [0, 0.1) is 5.41 Å². The highest BCUT2D eigenvalue weighted by Crippen LogP contribution is 2.48. The molecule has 0 aromatic heterocycles. The van der Waals surface area contributed by atoms with Crippen LogP contribution in [0.25, 0.3) is 0 Å². The topological polar surface area (TPSA) is 26.3 Å². The maximum Gasteiger partial charge on any atom is 0.311 e. The van der Waals surface area contributed by atoms with Gasteiger partial charge < -0.3 is 4.74 Å². The molecule has 2 aliphatic rings. The molecule has 2 fully saturated rings.